The molecule has 0 spiro atoms. The summed E-state index contributed by atoms with van der Waals surface area (Å²) in [4.78, 5) is 30.9. The van der Waals surface area contributed by atoms with E-state index in [0.717, 1.165) is 57.4 Å². The lowest BCUT2D eigenvalue weighted by Crippen LogP contribution is -2.39. The van der Waals surface area contributed by atoms with Gasteiger partial charge in [-0.2, -0.15) is 0 Å². The van der Waals surface area contributed by atoms with Crippen molar-refractivity contribution in [2.75, 3.05) is 45.8 Å². The van der Waals surface area contributed by atoms with E-state index < -0.39 is 0 Å². The van der Waals surface area contributed by atoms with Crippen molar-refractivity contribution in [1.29, 1.82) is 0 Å². The molecule has 1 aromatic rings. The highest BCUT2D eigenvalue weighted by Gasteiger charge is 2.23. The van der Waals surface area contributed by atoms with Gasteiger partial charge in [0, 0.05) is 45.2 Å². The third kappa shape index (κ3) is 7.49. The second-order valence-corrected chi connectivity index (χ2v) is 9.08. The first-order valence-corrected chi connectivity index (χ1v) is 11.8. The van der Waals surface area contributed by atoms with Crippen molar-refractivity contribution in [3.63, 3.8) is 0 Å². The molecule has 2 aliphatic rings. The van der Waals surface area contributed by atoms with Crippen molar-refractivity contribution in [3.05, 3.63) is 39.9 Å². The zero-order valence-electron chi connectivity index (χ0n) is 17.8. The van der Waals surface area contributed by atoms with Crippen LogP contribution in [-0.4, -0.2) is 83.5 Å². The second kappa shape index (κ2) is 11.9. The van der Waals surface area contributed by atoms with Gasteiger partial charge < -0.3 is 19.8 Å². The summed E-state index contributed by atoms with van der Waals surface area (Å²) < 4.78 is 0. The van der Waals surface area contributed by atoms with E-state index in [-0.39, 0.29) is 17.9 Å². The zero-order valence-corrected chi connectivity index (χ0v) is 19.3. The summed E-state index contributed by atoms with van der Waals surface area (Å²) in [6, 6.07) is 5.21. The molecular formula is C23H31Cl2N3O3. The predicted octanol–water partition coefficient (Wildman–Crippen LogP) is 3.30. The van der Waals surface area contributed by atoms with Gasteiger partial charge in [0.2, 0.25) is 11.8 Å². The molecule has 3 rings (SSSR count). The predicted molar refractivity (Wildman–Crippen MR) is 124 cm³/mol. The summed E-state index contributed by atoms with van der Waals surface area (Å²) in [6.07, 6.45) is 7.28. The highest BCUT2D eigenvalue weighted by atomic mass is 35.5. The van der Waals surface area contributed by atoms with Gasteiger partial charge >= 0.3 is 0 Å². The molecule has 0 aromatic heterocycles. The van der Waals surface area contributed by atoms with Gasteiger partial charge in [-0.15, -0.1) is 0 Å². The maximum absolute atomic E-state index is 12.6. The summed E-state index contributed by atoms with van der Waals surface area (Å²) in [5.41, 5.74) is 0.802. The first kappa shape index (κ1) is 24.1. The lowest BCUT2D eigenvalue weighted by molar-refractivity contribution is -0.130. The van der Waals surface area contributed by atoms with E-state index in [0.29, 0.717) is 36.1 Å². The Morgan fingerprint density at radius 3 is 2.68 bits per heavy atom. The van der Waals surface area contributed by atoms with Gasteiger partial charge in [-0.3, -0.25) is 9.59 Å². The van der Waals surface area contributed by atoms with Crippen LogP contribution in [0.3, 0.4) is 0 Å². The number of aliphatic hydroxyl groups is 1. The number of hydrogen-bond donors (Lipinski definition) is 1. The fourth-order valence-corrected chi connectivity index (χ4v) is 4.39. The quantitative estimate of drug-likeness (QED) is 0.493. The van der Waals surface area contributed by atoms with Crippen LogP contribution in [0.25, 0.3) is 6.08 Å². The van der Waals surface area contributed by atoms with Crippen LogP contribution in [0.5, 0.6) is 0 Å². The van der Waals surface area contributed by atoms with Gasteiger partial charge in [0.1, 0.15) is 0 Å². The summed E-state index contributed by atoms with van der Waals surface area (Å²) >= 11 is 11.9. The van der Waals surface area contributed by atoms with Crippen molar-refractivity contribution >= 4 is 41.1 Å². The first-order chi connectivity index (χ1) is 14.9. The summed E-state index contributed by atoms with van der Waals surface area (Å²) in [5.74, 6) is 0.00142. The average molecular weight is 468 g/mol. The van der Waals surface area contributed by atoms with E-state index in [9.17, 15) is 14.7 Å². The molecule has 1 atom stereocenters. The molecule has 2 aliphatic heterocycles. The first-order valence-electron chi connectivity index (χ1n) is 11.0. The van der Waals surface area contributed by atoms with E-state index in [1.54, 1.807) is 29.2 Å². The SMILES string of the molecule is O=C(/C=C/c1ccc(Cl)c(Cl)c1)N1CCC(=O)N(CCCCN2CCCC(O)C2)CC1. The summed E-state index contributed by atoms with van der Waals surface area (Å²) in [5, 5.41) is 10.7. The highest BCUT2D eigenvalue weighted by Crippen LogP contribution is 2.23. The van der Waals surface area contributed by atoms with Crippen LogP contribution >= 0.6 is 23.2 Å². The molecule has 0 saturated carbocycles. The highest BCUT2D eigenvalue weighted by molar-refractivity contribution is 6.42. The molecule has 31 heavy (non-hydrogen) atoms. The average Bonchev–Trinajstić information content (AvgIpc) is 2.93. The smallest absolute Gasteiger partial charge is 0.246 e. The molecule has 6 nitrogen and oxygen atoms in total. The number of carbonyl (C=O) groups is 2. The molecule has 8 heteroatoms. The Morgan fingerprint density at radius 1 is 1.10 bits per heavy atom. The lowest BCUT2D eigenvalue weighted by atomic mass is 10.1. The fourth-order valence-electron chi connectivity index (χ4n) is 4.08. The number of unbranched alkanes of at least 4 members (excludes halogenated alkanes) is 1. The minimum Gasteiger partial charge on any atom is -0.392 e. The van der Waals surface area contributed by atoms with E-state index >= 15 is 0 Å². The van der Waals surface area contributed by atoms with E-state index in [2.05, 4.69) is 4.90 Å². The van der Waals surface area contributed by atoms with Crippen LogP contribution < -0.4 is 0 Å². The van der Waals surface area contributed by atoms with Gasteiger partial charge in [0.25, 0.3) is 0 Å². The second-order valence-electron chi connectivity index (χ2n) is 8.27. The van der Waals surface area contributed by atoms with Crippen molar-refractivity contribution in [1.82, 2.24) is 14.7 Å². The van der Waals surface area contributed by atoms with Crippen LogP contribution in [0.15, 0.2) is 24.3 Å². The molecule has 2 saturated heterocycles. The number of aliphatic hydroxyl groups excluding tert-OH is 1. The van der Waals surface area contributed by atoms with E-state index in [4.69, 9.17) is 23.2 Å². The minimum absolute atomic E-state index is 0.107. The van der Waals surface area contributed by atoms with Gasteiger partial charge in [0.05, 0.1) is 16.1 Å². The van der Waals surface area contributed by atoms with Gasteiger partial charge in [-0.05, 0) is 62.5 Å². The van der Waals surface area contributed by atoms with Crippen LogP contribution in [0.4, 0.5) is 0 Å². The number of likely N-dealkylation sites (tertiary alicyclic amines) is 1. The number of carbonyl (C=O) groups excluding carboxylic acids is 2. The number of halogens is 2. The van der Waals surface area contributed by atoms with Crippen molar-refractivity contribution in [2.24, 2.45) is 0 Å². The normalized spacial score (nSPS) is 21.0. The summed E-state index contributed by atoms with van der Waals surface area (Å²) in [6.45, 7) is 5.02. The van der Waals surface area contributed by atoms with E-state index in [1.165, 1.54) is 6.08 Å². The number of nitrogens with zero attached hydrogens (tertiary/aromatic N) is 3. The van der Waals surface area contributed by atoms with Crippen LogP contribution in [0, 0.1) is 0 Å². The third-order valence-electron chi connectivity index (χ3n) is 5.89. The topological polar surface area (TPSA) is 64.1 Å². The minimum atomic E-state index is -0.199. The largest absolute Gasteiger partial charge is 0.392 e. The monoisotopic (exact) mass is 467 g/mol. The Balaban J connectivity index is 1.42. The van der Waals surface area contributed by atoms with Crippen molar-refractivity contribution in [2.45, 2.75) is 38.2 Å². The molecular weight excluding hydrogens is 437 g/mol. The van der Waals surface area contributed by atoms with Gasteiger partial charge in [0.15, 0.2) is 0 Å². The molecule has 0 aliphatic carbocycles. The third-order valence-corrected chi connectivity index (χ3v) is 6.63. The Kier molecular flexibility index (Phi) is 9.20. The number of piperidine rings is 1. The molecule has 0 bridgehead atoms. The molecule has 2 heterocycles. The number of amides is 2. The molecule has 2 fully saturated rings. The van der Waals surface area contributed by atoms with Crippen molar-refractivity contribution in [3.8, 4) is 0 Å². The Labute approximate surface area is 194 Å². The number of hydrogen-bond acceptors (Lipinski definition) is 4. The number of benzene rings is 1. The fraction of sp³-hybridized carbons (Fsp3) is 0.565. The zero-order chi connectivity index (χ0) is 22.2. The Hall–Kier alpha value is -1.60. The number of rotatable bonds is 7. The van der Waals surface area contributed by atoms with Crippen LogP contribution in [0.1, 0.15) is 37.7 Å². The lowest BCUT2D eigenvalue weighted by Gasteiger charge is -2.30. The standard InChI is InChI=1S/C23H31Cl2N3O3/c24-20-7-5-18(16-21(20)25)6-8-22(30)28-13-9-23(31)27(14-15-28)12-2-1-10-26-11-3-4-19(29)17-26/h5-8,16,19,29H,1-4,9-15,17H2/b8-6+. The van der Waals surface area contributed by atoms with Crippen LogP contribution in [0.2, 0.25) is 10.0 Å². The molecule has 1 N–H and O–H groups in total. The van der Waals surface area contributed by atoms with Crippen LogP contribution in [-0.2, 0) is 9.59 Å². The number of β-amino-alcohol motifs (C(OH)–C–C–N with tert-alkyl or cyclic N) is 1. The molecule has 2 amide bonds. The molecule has 0 radical (unpaired) electrons. The maximum Gasteiger partial charge on any atom is 0.246 e. The van der Waals surface area contributed by atoms with E-state index in [1.807, 2.05) is 4.90 Å². The molecule has 1 unspecified atom stereocenters. The Bertz CT molecular complexity index is 802. The Morgan fingerprint density at radius 2 is 1.90 bits per heavy atom. The van der Waals surface area contributed by atoms with Gasteiger partial charge in [-0.25, -0.2) is 0 Å². The summed E-state index contributed by atoms with van der Waals surface area (Å²) in [7, 11) is 0. The maximum atomic E-state index is 12.6. The molecule has 1 aromatic carbocycles. The van der Waals surface area contributed by atoms with Crippen molar-refractivity contribution < 1.29 is 14.7 Å². The molecule has 170 valence electrons. The van der Waals surface area contributed by atoms with Gasteiger partial charge in [-0.1, -0.05) is 29.3 Å².